The molecule has 43 heavy (non-hydrogen) atoms. The predicted octanol–water partition coefficient (Wildman–Crippen LogP) is 3.56. The second kappa shape index (κ2) is 9.61. The van der Waals surface area contributed by atoms with Gasteiger partial charge in [0.2, 0.25) is 10.0 Å². The summed E-state index contributed by atoms with van der Waals surface area (Å²) in [5.41, 5.74) is 9.02. The van der Waals surface area contributed by atoms with E-state index in [2.05, 4.69) is 4.98 Å². The third-order valence-corrected chi connectivity index (χ3v) is 10.3. The number of halogens is 2. The predicted molar refractivity (Wildman–Crippen MR) is 158 cm³/mol. The summed E-state index contributed by atoms with van der Waals surface area (Å²) in [5.74, 6) is 1.33. The standard InChI is InChI=1S/C29H33F2N7O4S/c1-35-24-20(10-18(12-22(24)42-2)27(39)36-14-19-8-9-29(19,32)15-36)33-26(35)21-11-17-6-7-23(38(28(30)31)43(3,40)41)34-25(17)37(21)13-16-4-5-16/h6-7,10-12,16,19,28H,4-5,8-9,13-15,32H2,1-3H3. The van der Waals surface area contributed by atoms with Crippen LogP contribution in [-0.4, -0.2) is 76.9 Å². The Kier molecular flexibility index (Phi) is 6.26. The molecule has 2 aliphatic carbocycles. The molecule has 1 aliphatic heterocycles. The minimum Gasteiger partial charge on any atom is -0.494 e. The van der Waals surface area contributed by atoms with E-state index in [-0.39, 0.29) is 21.6 Å². The van der Waals surface area contributed by atoms with Crippen molar-refractivity contribution in [1.82, 2.24) is 24.0 Å². The Labute approximate surface area is 247 Å². The lowest BCUT2D eigenvalue weighted by molar-refractivity contribution is 0.0784. The second-order valence-electron chi connectivity index (χ2n) is 12.2. The molecule has 2 atom stereocenters. The van der Waals surface area contributed by atoms with Gasteiger partial charge in [0.1, 0.15) is 22.7 Å². The highest BCUT2D eigenvalue weighted by Crippen LogP contribution is 2.43. The van der Waals surface area contributed by atoms with Gasteiger partial charge in [-0.2, -0.15) is 13.1 Å². The van der Waals surface area contributed by atoms with E-state index in [1.54, 1.807) is 25.3 Å². The quantitative estimate of drug-likeness (QED) is 0.301. The van der Waals surface area contributed by atoms with Crippen molar-refractivity contribution in [2.45, 2.75) is 44.3 Å². The lowest BCUT2D eigenvalue weighted by Gasteiger charge is -2.39. The minimum absolute atomic E-state index is 0.0251. The molecule has 7 rings (SSSR count). The van der Waals surface area contributed by atoms with Gasteiger partial charge in [-0.25, -0.2) is 18.4 Å². The Hall–Kier alpha value is -3.78. The molecule has 2 saturated carbocycles. The number of imidazole rings is 1. The van der Waals surface area contributed by atoms with Crippen LogP contribution in [0.5, 0.6) is 5.75 Å². The Morgan fingerprint density at radius 1 is 1.21 bits per heavy atom. The van der Waals surface area contributed by atoms with Gasteiger partial charge < -0.3 is 24.5 Å². The van der Waals surface area contributed by atoms with E-state index < -0.39 is 16.6 Å². The smallest absolute Gasteiger partial charge is 0.329 e. The van der Waals surface area contributed by atoms with Gasteiger partial charge in [-0.05, 0) is 67.9 Å². The van der Waals surface area contributed by atoms with Crippen LogP contribution in [0.3, 0.4) is 0 Å². The number of likely N-dealkylation sites (tertiary alicyclic amines) is 1. The van der Waals surface area contributed by atoms with Crippen LogP contribution in [0, 0.1) is 11.8 Å². The number of aromatic nitrogens is 4. The van der Waals surface area contributed by atoms with Gasteiger partial charge >= 0.3 is 6.55 Å². The third kappa shape index (κ3) is 4.53. The number of nitrogens with zero attached hydrogens (tertiary/aromatic N) is 6. The molecule has 228 valence electrons. The molecule has 2 N–H and O–H groups in total. The lowest BCUT2D eigenvalue weighted by atomic mass is 9.70. The molecule has 1 aromatic carbocycles. The van der Waals surface area contributed by atoms with Crippen LogP contribution in [0.2, 0.25) is 0 Å². The van der Waals surface area contributed by atoms with Gasteiger partial charge in [0, 0.05) is 43.2 Å². The molecular formula is C29H33F2N7O4S. The van der Waals surface area contributed by atoms with E-state index in [1.165, 1.54) is 6.07 Å². The largest absolute Gasteiger partial charge is 0.494 e. The molecule has 3 aromatic heterocycles. The topological polar surface area (TPSA) is 129 Å². The number of anilines is 1. The highest BCUT2D eigenvalue weighted by molar-refractivity contribution is 7.92. The molecule has 0 spiro atoms. The Morgan fingerprint density at radius 2 is 1.98 bits per heavy atom. The molecular weight excluding hydrogens is 580 g/mol. The fourth-order valence-electron chi connectivity index (χ4n) is 6.63. The summed E-state index contributed by atoms with van der Waals surface area (Å²) in [7, 11) is -0.866. The normalized spacial score (nSPS) is 21.9. The van der Waals surface area contributed by atoms with Crippen molar-refractivity contribution in [3.8, 4) is 17.3 Å². The first kappa shape index (κ1) is 28.0. The fourth-order valence-corrected chi connectivity index (χ4v) is 7.36. The summed E-state index contributed by atoms with van der Waals surface area (Å²) in [5, 5.41) is 0.663. The van der Waals surface area contributed by atoms with Crippen LogP contribution in [0.25, 0.3) is 33.6 Å². The van der Waals surface area contributed by atoms with Crippen LogP contribution in [0.1, 0.15) is 36.0 Å². The molecule has 3 fully saturated rings. The zero-order chi connectivity index (χ0) is 30.4. The van der Waals surface area contributed by atoms with E-state index in [0.717, 1.165) is 31.9 Å². The Balaban J connectivity index is 1.34. The van der Waals surface area contributed by atoms with E-state index in [9.17, 15) is 22.0 Å². The highest BCUT2D eigenvalue weighted by Gasteiger charge is 2.51. The van der Waals surface area contributed by atoms with E-state index >= 15 is 0 Å². The number of nitrogens with two attached hydrogens (primary N) is 1. The molecule has 1 saturated heterocycles. The number of amides is 1. The molecule has 14 heteroatoms. The molecule has 4 aromatic rings. The van der Waals surface area contributed by atoms with E-state index in [4.69, 9.17) is 15.5 Å². The van der Waals surface area contributed by atoms with Crippen molar-refractivity contribution in [1.29, 1.82) is 0 Å². The summed E-state index contributed by atoms with van der Waals surface area (Å²) in [6.45, 7) is -1.53. The number of hydrogen-bond acceptors (Lipinski definition) is 7. The zero-order valence-corrected chi connectivity index (χ0v) is 24.9. The van der Waals surface area contributed by atoms with Crippen molar-refractivity contribution in [3.63, 3.8) is 0 Å². The van der Waals surface area contributed by atoms with Crippen molar-refractivity contribution in [2.24, 2.45) is 24.6 Å². The molecule has 3 aliphatic rings. The number of alkyl halides is 2. The summed E-state index contributed by atoms with van der Waals surface area (Å²) < 4.78 is 61.5. The number of aryl methyl sites for hydroxylation is 1. The first-order valence-corrected chi connectivity index (χ1v) is 16.1. The van der Waals surface area contributed by atoms with Gasteiger partial charge in [0.05, 0.1) is 24.6 Å². The zero-order valence-electron chi connectivity index (χ0n) is 24.1. The van der Waals surface area contributed by atoms with Gasteiger partial charge in [0.15, 0.2) is 5.82 Å². The summed E-state index contributed by atoms with van der Waals surface area (Å²) in [6.07, 6.45) is 4.73. The number of pyridine rings is 1. The van der Waals surface area contributed by atoms with Crippen LogP contribution < -0.4 is 14.8 Å². The maximum absolute atomic E-state index is 13.8. The summed E-state index contributed by atoms with van der Waals surface area (Å²) in [6, 6.07) is 8.26. The number of fused-ring (bicyclic) bond motifs is 3. The Bertz CT molecular complexity index is 1900. The van der Waals surface area contributed by atoms with Crippen LogP contribution in [0.15, 0.2) is 30.3 Å². The maximum Gasteiger partial charge on any atom is 0.329 e. The number of benzene rings is 1. The van der Waals surface area contributed by atoms with E-state index in [0.29, 0.717) is 76.4 Å². The number of carbonyl (C=O) groups is 1. The average Bonchev–Trinajstić information content (AvgIpc) is 3.55. The summed E-state index contributed by atoms with van der Waals surface area (Å²) in [4.78, 5) is 24.7. The summed E-state index contributed by atoms with van der Waals surface area (Å²) >= 11 is 0. The number of methoxy groups -OCH3 is 1. The molecule has 2 unspecified atom stereocenters. The Morgan fingerprint density at radius 3 is 2.56 bits per heavy atom. The number of carbonyl (C=O) groups excluding carboxylic acids is 1. The minimum atomic E-state index is -4.27. The van der Waals surface area contributed by atoms with E-state index in [1.807, 2.05) is 27.1 Å². The van der Waals surface area contributed by atoms with Gasteiger partial charge in [0.25, 0.3) is 5.91 Å². The highest BCUT2D eigenvalue weighted by atomic mass is 32.2. The number of rotatable bonds is 8. The SMILES string of the molecule is COc1cc(C(=O)N2CC3CCC3(N)C2)cc2nc(-c3cc4ccc(N(C(F)F)S(C)(=O)=O)nc4n3CC3CC3)n(C)c12. The monoisotopic (exact) mass is 613 g/mol. The average molecular weight is 614 g/mol. The first-order chi connectivity index (χ1) is 20.4. The van der Waals surface area contributed by atoms with Gasteiger partial charge in [-0.1, -0.05) is 0 Å². The van der Waals surface area contributed by atoms with Crippen LogP contribution in [-0.2, 0) is 23.6 Å². The maximum atomic E-state index is 13.8. The molecule has 1 amide bonds. The van der Waals surface area contributed by atoms with Gasteiger partial charge in [-0.15, -0.1) is 0 Å². The second-order valence-corrected chi connectivity index (χ2v) is 14.1. The molecule has 4 heterocycles. The molecule has 11 nitrogen and oxygen atoms in total. The van der Waals surface area contributed by atoms with Crippen molar-refractivity contribution in [2.75, 3.05) is 30.8 Å². The van der Waals surface area contributed by atoms with Gasteiger partial charge in [-0.3, -0.25) is 4.79 Å². The number of hydrogen-bond donors (Lipinski definition) is 1. The number of sulfonamides is 1. The van der Waals surface area contributed by atoms with Crippen LogP contribution >= 0.6 is 0 Å². The third-order valence-electron chi connectivity index (χ3n) is 9.24. The van der Waals surface area contributed by atoms with Crippen molar-refractivity contribution < 1.29 is 26.7 Å². The molecule has 0 radical (unpaired) electrons. The molecule has 0 bridgehead atoms. The first-order valence-electron chi connectivity index (χ1n) is 14.3. The number of ether oxygens (including phenoxy) is 1. The van der Waals surface area contributed by atoms with Crippen molar-refractivity contribution >= 4 is 43.8 Å². The van der Waals surface area contributed by atoms with Crippen LogP contribution in [0.4, 0.5) is 14.6 Å². The lowest BCUT2D eigenvalue weighted by Crippen LogP contribution is -2.54. The van der Waals surface area contributed by atoms with Crippen molar-refractivity contribution in [3.05, 3.63) is 35.9 Å². The fraction of sp³-hybridized carbons (Fsp3) is 0.483.